The zero-order valence-electron chi connectivity index (χ0n) is 21.4. The van der Waals surface area contributed by atoms with E-state index in [2.05, 4.69) is 89.5 Å². The van der Waals surface area contributed by atoms with E-state index in [4.69, 9.17) is 0 Å². The van der Waals surface area contributed by atoms with Crippen LogP contribution in [0.15, 0.2) is 140 Å². The third-order valence-corrected chi connectivity index (χ3v) is 6.78. The SMILES string of the molecule is O=C(NCC(c1ccccc1)c1ccccc1)c1cccc(-c2ccc(CNCc3ccccc3)cc2)c1. The quantitative estimate of drug-likeness (QED) is 0.215. The molecule has 0 aliphatic heterocycles. The molecule has 5 aromatic rings. The molecule has 3 nitrogen and oxygen atoms in total. The van der Waals surface area contributed by atoms with Gasteiger partial charge in [-0.15, -0.1) is 0 Å². The normalized spacial score (nSPS) is 10.9. The van der Waals surface area contributed by atoms with Gasteiger partial charge in [-0.05, 0) is 45.5 Å². The lowest BCUT2D eigenvalue weighted by Crippen LogP contribution is -2.29. The van der Waals surface area contributed by atoms with E-state index in [0.29, 0.717) is 12.1 Å². The monoisotopic (exact) mass is 496 g/mol. The molecule has 5 rings (SSSR count). The van der Waals surface area contributed by atoms with E-state index in [1.54, 1.807) is 0 Å². The topological polar surface area (TPSA) is 41.1 Å². The number of hydrogen-bond donors (Lipinski definition) is 2. The van der Waals surface area contributed by atoms with Crippen LogP contribution < -0.4 is 10.6 Å². The second-order valence-corrected chi connectivity index (χ2v) is 9.45. The third-order valence-electron chi connectivity index (χ3n) is 6.78. The molecule has 188 valence electrons. The minimum Gasteiger partial charge on any atom is -0.351 e. The van der Waals surface area contributed by atoms with Gasteiger partial charge in [-0.2, -0.15) is 0 Å². The zero-order valence-corrected chi connectivity index (χ0v) is 21.4. The molecule has 5 aromatic carbocycles. The van der Waals surface area contributed by atoms with Crippen molar-refractivity contribution in [1.29, 1.82) is 0 Å². The molecule has 0 aromatic heterocycles. The van der Waals surface area contributed by atoms with Crippen LogP contribution in [-0.4, -0.2) is 12.5 Å². The highest BCUT2D eigenvalue weighted by Crippen LogP contribution is 2.25. The fourth-order valence-corrected chi connectivity index (χ4v) is 4.70. The number of nitrogens with one attached hydrogen (secondary N) is 2. The summed E-state index contributed by atoms with van der Waals surface area (Å²) >= 11 is 0. The van der Waals surface area contributed by atoms with Gasteiger partial charge in [-0.25, -0.2) is 0 Å². The summed E-state index contributed by atoms with van der Waals surface area (Å²) in [6.45, 7) is 2.18. The second kappa shape index (κ2) is 12.7. The van der Waals surface area contributed by atoms with Gasteiger partial charge in [0.05, 0.1) is 0 Å². The van der Waals surface area contributed by atoms with Crippen LogP contribution in [0.5, 0.6) is 0 Å². The van der Waals surface area contributed by atoms with Crippen molar-refractivity contribution in [3.8, 4) is 11.1 Å². The molecule has 0 bridgehead atoms. The Morgan fingerprint density at radius 3 is 1.71 bits per heavy atom. The van der Waals surface area contributed by atoms with E-state index in [1.807, 2.05) is 60.7 Å². The molecule has 0 aliphatic rings. The maximum absolute atomic E-state index is 13.2. The summed E-state index contributed by atoms with van der Waals surface area (Å²) in [5, 5.41) is 6.67. The maximum atomic E-state index is 13.2. The first-order valence-electron chi connectivity index (χ1n) is 13.1. The van der Waals surface area contributed by atoms with Crippen molar-refractivity contribution in [2.24, 2.45) is 0 Å². The number of amides is 1. The largest absolute Gasteiger partial charge is 0.351 e. The van der Waals surface area contributed by atoms with Gasteiger partial charge in [0.25, 0.3) is 5.91 Å². The summed E-state index contributed by atoms with van der Waals surface area (Å²) in [7, 11) is 0. The molecule has 0 saturated carbocycles. The summed E-state index contributed by atoms with van der Waals surface area (Å²) in [6, 6.07) is 47.5. The van der Waals surface area contributed by atoms with Crippen LogP contribution in [0.2, 0.25) is 0 Å². The van der Waals surface area contributed by atoms with E-state index < -0.39 is 0 Å². The predicted octanol–water partition coefficient (Wildman–Crippen LogP) is 7.21. The Morgan fingerprint density at radius 2 is 1.11 bits per heavy atom. The highest BCUT2D eigenvalue weighted by Gasteiger charge is 2.16. The Morgan fingerprint density at radius 1 is 0.553 bits per heavy atom. The van der Waals surface area contributed by atoms with Crippen molar-refractivity contribution < 1.29 is 4.79 Å². The number of hydrogen-bond acceptors (Lipinski definition) is 2. The van der Waals surface area contributed by atoms with Crippen LogP contribution in [0.3, 0.4) is 0 Å². The average molecular weight is 497 g/mol. The van der Waals surface area contributed by atoms with Gasteiger partial charge >= 0.3 is 0 Å². The lowest BCUT2D eigenvalue weighted by Gasteiger charge is -2.19. The Labute approximate surface area is 225 Å². The second-order valence-electron chi connectivity index (χ2n) is 9.45. The first-order chi connectivity index (χ1) is 18.8. The van der Waals surface area contributed by atoms with Crippen LogP contribution in [0.25, 0.3) is 11.1 Å². The molecular formula is C35H32N2O. The van der Waals surface area contributed by atoms with E-state index in [1.165, 1.54) is 22.3 Å². The lowest BCUT2D eigenvalue weighted by molar-refractivity contribution is 0.0952. The lowest BCUT2D eigenvalue weighted by atomic mass is 9.91. The van der Waals surface area contributed by atoms with E-state index in [-0.39, 0.29) is 11.8 Å². The van der Waals surface area contributed by atoms with E-state index in [0.717, 1.165) is 24.2 Å². The van der Waals surface area contributed by atoms with Gasteiger partial charge in [-0.1, -0.05) is 127 Å². The van der Waals surface area contributed by atoms with Gasteiger partial charge < -0.3 is 10.6 Å². The number of carbonyl (C=O) groups excluding carboxylic acids is 1. The van der Waals surface area contributed by atoms with Gasteiger partial charge in [0, 0.05) is 31.1 Å². The smallest absolute Gasteiger partial charge is 0.251 e. The Balaban J connectivity index is 1.22. The average Bonchev–Trinajstić information content (AvgIpc) is 2.99. The highest BCUT2D eigenvalue weighted by molar-refractivity contribution is 5.95. The molecular weight excluding hydrogens is 464 g/mol. The van der Waals surface area contributed by atoms with Crippen molar-refractivity contribution in [2.45, 2.75) is 19.0 Å². The Kier molecular flexibility index (Phi) is 8.40. The molecule has 0 heterocycles. The summed E-state index contributed by atoms with van der Waals surface area (Å²) in [4.78, 5) is 13.2. The van der Waals surface area contributed by atoms with Crippen LogP contribution in [-0.2, 0) is 13.1 Å². The van der Waals surface area contributed by atoms with Crippen LogP contribution >= 0.6 is 0 Å². The zero-order chi connectivity index (χ0) is 26.0. The molecule has 0 aliphatic carbocycles. The van der Waals surface area contributed by atoms with Crippen molar-refractivity contribution >= 4 is 5.91 Å². The fourth-order valence-electron chi connectivity index (χ4n) is 4.70. The van der Waals surface area contributed by atoms with Gasteiger partial charge in [0.1, 0.15) is 0 Å². The molecule has 0 fully saturated rings. The minimum atomic E-state index is -0.0644. The van der Waals surface area contributed by atoms with Crippen LogP contribution in [0.1, 0.15) is 38.5 Å². The fraction of sp³-hybridized carbons (Fsp3) is 0.114. The van der Waals surface area contributed by atoms with Gasteiger partial charge in [0.2, 0.25) is 0 Å². The van der Waals surface area contributed by atoms with E-state index in [9.17, 15) is 4.79 Å². The molecule has 38 heavy (non-hydrogen) atoms. The molecule has 0 unspecified atom stereocenters. The van der Waals surface area contributed by atoms with Crippen LogP contribution in [0, 0.1) is 0 Å². The number of rotatable bonds is 10. The van der Waals surface area contributed by atoms with Crippen LogP contribution in [0.4, 0.5) is 0 Å². The number of benzene rings is 5. The van der Waals surface area contributed by atoms with E-state index >= 15 is 0 Å². The maximum Gasteiger partial charge on any atom is 0.251 e. The Hall–Kier alpha value is -4.47. The van der Waals surface area contributed by atoms with Crippen molar-refractivity contribution in [1.82, 2.24) is 10.6 Å². The summed E-state index contributed by atoms with van der Waals surface area (Å²) in [5.74, 6) is 0.0259. The van der Waals surface area contributed by atoms with Gasteiger partial charge in [-0.3, -0.25) is 4.79 Å². The Bertz CT molecular complexity index is 1390. The summed E-state index contributed by atoms with van der Waals surface area (Å²) in [6.07, 6.45) is 0. The minimum absolute atomic E-state index is 0.0644. The molecule has 0 atom stereocenters. The summed E-state index contributed by atoms with van der Waals surface area (Å²) < 4.78 is 0. The highest BCUT2D eigenvalue weighted by atomic mass is 16.1. The summed E-state index contributed by atoms with van der Waals surface area (Å²) in [5.41, 5.74) is 7.67. The standard InChI is InChI=1S/C35H32N2O/c38-35(37-26-34(30-13-6-2-7-14-30)31-15-8-3-9-16-31)33-18-10-17-32(23-33)29-21-19-28(20-22-29)25-36-24-27-11-4-1-5-12-27/h1-23,34,36H,24-26H2,(H,37,38). The number of carbonyl (C=O) groups is 1. The van der Waals surface area contributed by atoms with Gasteiger partial charge in [0.15, 0.2) is 0 Å². The molecule has 2 N–H and O–H groups in total. The van der Waals surface area contributed by atoms with Crippen molar-refractivity contribution in [2.75, 3.05) is 6.54 Å². The molecule has 0 saturated heterocycles. The molecule has 0 spiro atoms. The molecule has 1 amide bonds. The molecule has 0 radical (unpaired) electrons. The third kappa shape index (κ3) is 6.64. The van der Waals surface area contributed by atoms with Crippen molar-refractivity contribution in [3.05, 3.63) is 167 Å². The predicted molar refractivity (Wildman–Crippen MR) is 156 cm³/mol. The molecule has 3 heteroatoms. The van der Waals surface area contributed by atoms with Crippen molar-refractivity contribution in [3.63, 3.8) is 0 Å². The first-order valence-corrected chi connectivity index (χ1v) is 13.1. The first kappa shape index (κ1) is 25.2.